The smallest absolute Gasteiger partial charge is 0.317 e. The molecule has 0 spiro atoms. The van der Waals surface area contributed by atoms with Gasteiger partial charge in [-0.2, -0.15) is 0 Å². The summed E-state index contributed by atoms with van der Waals surface area (Å²) in [7, 11) is 0. The maximum Gasteiger partial charge on any atom is 0.317 e. The number of nitrogens with one attached hydrogen (secondary N) is 1. The van der Waals surface area contributed by atoms with Crippen LogP contribution in [-0.4, -0.2) is 65.7 Å². The van der Waals surface area contributed by atoms with Gasteiger partial charge in [-0.15, -0.1) is 0 Å². The van der Waals surface area contributed by atoms with Crippen LogP contribution in [0.3, 0.4) is 0 Å². The summed E-state index contributed by atoms with van der Waals surface area (Å²) in [6, 6.07) is 0.323. The van der Waals surface area contributed by atoms with Crippen LogP contribution in [0, 0.1) is 5.92 Å². The lowest BCUT2D eigenvalue weighted by Crippen LogP contribution is -2.54. The lowest BCUT2D eigenvalue weighted by molar-refractivity contribution is -0.138. The van der Waals surface area contributed by atoms with E-state index in [1.165, 1.54) is 19.3 Å². The molecule has 6 nitrogen and oxygen atoms in total. The first-order valence-electron chi connectivity index (χ1n) is 8.04. The number of hydrogen-bond donors (Lipinski definition) is 2. The topological polar surface area (TPSA) is 72.9 Å². The highest BCUT2D eigenvalue weighted by molar-refractivity contribution is 5.74. The van der Waals surface area contributed by atoms with Crippen molar-refractivity contribution in [2.45, 2.75) is 45.1 Å². The molecule has 1 aliphatic heterocycles. The Morgan fingerprint density at radius 2 is 1.81 bits per heavy atom. The molecule has 0 radical (unpaired) electrons. The minimum Gasteiger partial charge on any atom is -0.480 e. The number of rotatable bonds is 3. The van der Waals surface area contributed by atoms with Crippen LogP contribution < -0.4 is 5.32 Å². The Morgan fingerprint density at radius 3 is 2.48 bits per heavy atom. The van der Waals surface area contributed by atoms with Crippen molar-refractivity contribution in [1.29, 1.82) is 0 Å². The third-order valence-corrected chi connectivity index (χ3v) is 4.60. The van der Waals surface area contributed by atoms with Crippen molar-refractivity contribution in [3.63, 3.8) is 0 Å². The van der Waals surface area contributed by atoms with Gasteiger partial charge in [0.05, 0.1) is 6.54 Å². The van der Waals surface area contributed by atoms with E-state index in [4.69, 9.17) is 5.11 Å². The van der Waals surface area contributed by atoms with Crippen LogP contribution in [0.2, 0.25) is 0 Å². The Bertz CT molecular complexity index is 367. The summed E-state index contributed by atoms with van der Waals surface area (Å²) in [5, 5.41) is 11.9. The van der Waals surface area contributed by atoms with Gasteiger partial charge < -0.3 is 15.3 Å². The van der Waals surface area contributed by atoms with Crippen LogP contribution >= 0.6 is 0 Å². The van der Waals surface area contributed by atoms with Gasteiger partial charge in [0.25, 0.3) is 0 Å². The first kappa shape index (κ1) is 16.1. The van der Waals surface area contributed by atoms with Gasteiger partial charge >= 0.3 is 12.0 Å². The van der Waals surface area contributed by atoms with E-state index >= 15 is 0 Å². The average Bonchev–Trinajstić information content (AvgIpc) is 2.64. The zero-order valence-electron chi connectivity index (χ0n) is 12.9. The minimum atomic E-state index is -0.805. The molecule has 0 aromatic heterocycles. The van der Waals surface area contributed by atoms with E-state index in [2.05, 4.69) is 12.2 Å². The summed E-state index contributed by atoms with van der Waals surface area (Å²) in [5.41, 5.74) is 0. The molecule has 1 heterocycles. The fraction of sp³-hybridized carbons (Fsp3) is 0.867. The Balaban J connectivity index is 1.73. The van der Waals surface area contributed by atoms with Crippen LogP contribution in [0.4, 0.5) is 4.79 Å². The highest BCUT2D eigenvalue weighted by Crippen LogP contribution is 2.22. The molecule has 1 saturated heterocycles. The molecular formula is C15H27N3O3. The number of hydrogen-bond acceptors (Lipinski definition) is 3. The second-order valence-electron chi connectivity index (χ2n) is 6.42. The lowest BCUT2D eigenvalue weighted by atomic mass is 10.0. The van der Waals surface area contributed by atoms with Gasteiger partial charge in [0.1, 0.15) is 0 Å². The van der Waals surface area contributed by atoms with Crippen molar-refractivity contribution < 1.29 is 14.7 Å². The van der Waals surface area contributed by atoms with Crippen LogP contribution in [0.15, 0.2) is 0 Å². The average molecular weight is 297 g/mol. The third kappa shape index (κ3) is 5.19. The fourth-order valence-corrected chi connectivity index (χ4v) is 3.20. The van der Waals surface area contributed by atoms with E-state index in [0.717, 1.165) is 18.8 Å². The van der Waals surface area contributed by atoms with Gasteiger partial charge in [-0.1, -0.05) is 19.8 Å². The van der Waals surface area contributed by atoms with Crippen molar-refractivity contribution >= 4 is 12.0 Å². The number of carbonyl (C=O) groups excluding carboxylic acids is 1. The van der Waals surface area contributed by atoms with Gasteiger partial charge in [0, 0.05) is 32.2 Å². The standard InChI is InChI=1S/C15H27N3O3/c1-12-3-2-4-13(6-5-12)16-15(21)18-9-7-17(8-10-18)11-14(19)20/h12-13H,2-11H2,1H3,(H,16,21)(H,19,20). The molecule has 21 heavy (non-hydrogen) atoms. The number of amides is 2. The van der Waals surface area contributed by atoms with Crippen molar-refractivity contribution in [3.05, 3.63) is 0 Å². The maximum absolute atomic E-state index is 12.3. The van der Waals surface area contributed by atoms with E-state index in [0.29, 0.717) is 32.2 Å². The fourth-order valence-electron chi connectivity index (χ4n) is 3.20. The monoisotopic (exact) mass is 297 g/mol. The summed E-state index contributed by atoms with van der Waals surface area (Å²) >= 11 is 0. The maximum atomic E-state index is 12.3. The van der Waals surface area contributed by atoms with Crippen LogP contribution in [0.25, 0.3) is 0 Å². The summed E-state index contributed by atoms with van der Waals surface area (Å²) in [6.45, 7) is 4.86. The molecule has 1 aliphatic carbocycles. The van der Waals surface area contributed by atoms with E-state index in [-0.39, 0.29) is 12.6 Å². The van der Waals surface area contributed by atoms with Gasteiger partial charge in [-0.05, 0) is 25.2 Å². The number of carboxylic acids is 1. The van der Waals surface area contributed by atoms with Gasteiger partial charge in [0.15, 0.2) is 0 Å². The molecule has 6 heteroatoms. The molecule has 2 amide bonds. The molecular weight excluding hydrogens is 270 g/mol. The largest absolute Gasteiger partial charge is 0.480 e. The van der Waals surface area contributed by atoms with E-state index in [1.807, 2.05) is 9.80 Å². The molecule has 0 bridgehead atoms. The molecule has 2 fully saturated rings. The molecule has 2 N–H and O–H groups in total. The zero-order chi connectivity index (χ0) is 15.2. The summed E-state index contributed by atoms with van der Waals surface area (Å²) in [4.78, 5) is 26.6. The molecule has 0 aromatic carbocycles. The molecule has 2 unspecified atom stereocenters. The Hall–Kier alpha value is -1.30. The second-order valence-corrected chi connectivity index (χ2v) is 6.42. The number of carboxylic acid groups (broad SMARTS) is 1. The first-order chi connectivity index (χ1) is 10.0. The van der Waals surface area contributed by atoms with Crippen molar-refractivity contribution in [2.75, 3.05) is 32.7 Å². The number of aliphatic carboxylic acids is 1. The SMILES string of the molecule is CC1CCCC(NC(=O)N2CCN(CC(=O)O)CC2)CC1. The molecule has 2 rings (SSSR count). The Morgan fingerprint density at radius 1 is 1.10 bits per heavy atom. The van der Waals surface area contributed by atoms with E-state index in [9.17, 15) is 9.59 Å². The summed E-state index contributed by atoms with van der Waals surface area (Å²) in [6.07, 6.45) is 5.80. The predicted molar refractivity (Wildman–Crippen MR) is 80.2 cm³/mol. The van der Waals surface area contributed by atoms with E-state index < -0.39 is 5.97 Å². The first-order valence-corrected chi connectivity index (χ1v) is 8.04. The summed E-state index contributed by atoms with van der Waals surface area (Å²) in [5.74, 6) is -0.0352. The highest BCUT2D eigenvalue weighted by Gasteiger charge is 2.24. The minimum absolute atomic E-state index is 0.0181. The van der Waals surface area contributed by atoms with Crippen molar-refractivity contribution in [1.82, 2.24) is 15.1 Å². The Kier molecular flexibility index (Phi) is 5.85. The van der Waals surface area contributed by atoms with Gasteiger partial charge in [0.2, 0.25) is 0 Å². The van der Waals surface area contributed by atoms with Gasteiger partial charge in [-0.25, -0.2) is 4.79 Å². The highest BCUT2D eigenvalue weighted by atomic mass is 16.4. The third-order valence-electron chi connectivity index (χ3n) is 4.60. The quantitative estimate of drug-likeness (QED) is 0.772. The summed E-state index contributed by atoms with van der Waals surface area (Å²) < 4.78 is 0. The van der Waals surface area contributed by atoms with Crippen LogP contribution in [0.1, 0.15) is 39.0 Å². The molecule has 120 valence electrons. The number of urea groups is 1. The molecule has 2 atom stereocenters. The van der Waals surface area contributed by atoms with Crippen LogP contribution in [0.5, 0.6) is 0 Å². The number of piperazine rings is 1. The predicted octanol–water partition coefficient (Wildman–Crippen LogP) is 1.37. The molecule has 0 aromatic rings. The van der Waals surface area contributed by atoms with Crippen molar-refractivity contribution in [2.24, 2.45) is 5.92 Å². The molecule has 1 saturated carbocycles. The lowest BCUT2D eigenvalue weighted by Gasteiger charge is -2.34. The number of carbonyl (C=O) groups is 2. The second kappa shape index (κ2) is 7.64. The zero-order valence-corrected chi connectivity index (χ0v) is 12.9. The Labute approximate surface area is 126 Å². The normalized spacial score (nSPS) is 28.0. The van der Waals surface area contributed by atoms with E-state index in [1.54, 1.807) is 0 Å². The number of nitrogens with zero attached hydrogens (tertiary/aromatic N) is 2. The van der Waals surface area contributed by atoms with Gasteiger partial charge in [-0.3, -0.25) is 9.69 Å². The van der Waals surface area contributed by atoms with Crippen molar-refractivity contribution in [3.8, 4) is 0 Å². The molecule has 2 aliphatic rings. The van der Waals surface area contributed by atoms with Crippen LogP contribution in [-0.2, 0) is 4.79 Å².